The summed E-state index contributed by atoms with van der Waals surface area (Å²) in [5.74, 6) is -0.771. The van der Waals surface area contributed by atoms with Crippen molar-refractivity contribution in [3.63, 3.8) is 0 Å². The average molecular weight is 385 g/mol. The van der Waals surface area contributed by atoms with Crippen LogP contribution in [0.1, 0.15) is 47.1 Å². The Hall–Kier alpha value is -1.56. The lowest BCUT2D eigenvalue weighted by Crippen LogP contribution is -2.55. The predicted octanol–water partition coefficient (Wildman–Crippen LogP) is 4.95. The lowest BCUT2D eigenvalue weighted by molar-refractivity contribution is 0.0359. The number of rotatable bonds is 2. The van der Waals surface area contributed by atoms with E-state index in [1.807, 2.05) is 39.8 Å². The maximum absolute atomic E-state index is 12.8. The standard InChI is InChI=1S/C17H18Cl2N2O2S/c1-10-5-7-11(8-6-10)16(23)21(17(2,3)4)20-15(22)12-9-13(18)24-14(12)19/h5-9H,1-4H3,(H,20,22). The molecule has 0 unspecified atom stereocenters. The Morgan fingerprint density at radius 1 is 1.12 bits per heavy atom. The summed E-state index contributed by atoms with van der Waals surface area (Å²) >= 11 is 13.0. The molecule has 1 aromatic carbocycles. The van der Waals surface area contributed by atoms with Crippen LogP contribution in [0.5, 0.6) is 0 Å². The molecule has 0 spiro atoms. The van der Waals surface area contributed by atoms with E-state index in [1.54, 1.807) is 12.1 Å². The summed E-state index contributed by atoms with van der Waals surface area (Å²) in [6.07, 6.45) is 0. The van der Waals surface area contributed by atoms with Gasteiger partial charge in [-0.3, -0.25) is 15.0 Å². The van der Waals surface area contributed by atoms with Crippen molar-refractivity contribution in [3.05, 3.63) is 55.7 Å². The second-order valence-corrected chi connectivity index (χ2v) is 8.64. The molecular formula is C17H18Cl2N2O2S. The van der Waals surface area contributed by atoms with Crippen LogP contribution in [0.25, 0.3) is 0 Å². The van der Waals surface area contributed by atoms with Crippen molar-refractivity contribution in [2.75, 3.05) is 0 Å². The van der Waals surface area contributed by atoms with Crippen LogP contribution in [0.15, 0.2) is 30.3 Å². The highest BCUT2D eigenvalue weighted by molar-refractivity contribution is 7.20. The molecule has 0 aliphatic heterocycles. The van der Waals surface area contributed by atoms with Crippen LogP contribution < -0.4 is 5.43 Å². The molecule has 0 atom stereocenters. The van der Waals surface area contributed by atoms with E-state index < -0.39 is 11.4 Å². The van der Waals surface area contributed by atoms with Gasteiger partial charge >= 0.3 is 0 Å². The van der Waals surface area contributed by atoms with Crippen LogP contribution >= 0.6 is 34.5 Å². The fourth-order valence-corrected chi connectivity index (χ4v) is 3.46. The molecule has 7 heteroatoms. The van der Waals surface area contributed by atoms with E-state index in [0.717, 1.165) is 16.9 Å². The van der Waals surface area contributed by atoms with Crippen molar-refractivity contribution in [1.29, 1.82) is 0 Å². The summed E-state index contributed by atoms with van der Waals surface area (Å²) in [5, 5.41) is 1.31. The molecule has 1 heterocycles. The highest BCUT2D eigenvalue weighted by atomic mass is 35.5. The topological polar surface area (TPSA) is 49.4 Å². The Labute approximate surface area is 155 Å². The lowest BCUT2D eigenvalue weighted by atomic mass is 10.1. The summed E-state index contributed by atoms with van der Waals surface area (Å²) in [6.45, 7) is 7.45. The van der Waals surface area contributed by atoms with Gasteiger partial charge in [0.05, 0.1) is 15.4 Å². The molecule has 0 fully saturated rings. The number of thiophene rings is 1. The van der Waals surface area contributed by atoms with Gasteiger partial charge in [0.2, 0.25) is 0 Å². The molecule has 0 saturated carbocycles. The third kappa shape index (κ3) is 4.29. The van der Waals surface area contributed by atoms with Gasteiger partial charge in [-0.05, 0) is 45.9 Å². The maximum Gasteiger partial charge on any atom is 0.272 e. The van der Waals surface area contributed by atoms with Gasteiger partial charge in [0.25, 0.3) is 11.8 Å². The average Bonchev–Trinajstić information content (AvgIpc) is 2.82. The maximum atomic E-state index is 12.8. The van der Waals surface area contributed by atoms with Crippen molar-refractivity contribution in [2.24, 2.45) is 0 Å². The number of hydrogen-bond acceptors (Lipinski definition) is 3. The zero-order valence-corrected chi connectivity index (χ0v) is 16.1. The van der Waals surface area contributed by atoms with Gasteiger partial charge in [0.1, 0.15) is 4.34 Å². The first-order chi connectivity index (χ1) is 11.1. The number of halogens is 2. The fraction of sp³-hybridized carbons (Fsp3) is 0.294. The third-order valence-corrected chi connectivity index (χ3v) is 4.77. The SMILES string of the molecule is Cc1ccc(C(=O)N(NC(=O)c2cc(Cl)sc2Cl)C(C)(C)C)cc1. The van der Waals surface area contributed by atoms with E-state index in [0.29, 0.717) is 9.90 Å². The first-order valence-corrected chi connectivity index (χ1v) is 8.84. The van der Waals surface area contributed by atoms with Crippen LogP contribution in [-0.4, -0.2) is 22.4 Å². The minimum absolute atomic E-state index is 0.248. The monoisotopic (exact) mass is 384 g/mol. The highest BCUT2D eigenvalue weighted by Gasteiger charge is 2.30. The summed E-state index contributed by atoms with van der Waals surface area (Å²) in [7, 11) is 0. The Morgan fingerprint density at radius 3 is 2.17 bits per heavy atom. The van der Waals surface area contributed by atoms with E-state index in [4.69, 9.17) is 23.2 Å². The highest BCUT2D eigenvalue weighted by Crippen LogP contribution is 2.31. The van der Waals surface area contributed by atoms with Crippen LogP contribution in [0.3, 0.4) is 0 Å². The number of nitrogens with one attached hydrogen (secondary N) is 1. The fourth-order valence-electron chi connectivity index (χ4n) is 2.01. The Morgan fingerprint density at radius 2 is 1.71 bits per heavy atom. The minimum atomic E-state index is -0.621. The van der Waals surface area contributed by atoms with Crippen LogP contribution in [0, 0.1) is 6.92 Å². The van der Waals surface area contributed by atoms with Crippen LogP contribution in [-0.2, 0) is 0 Å². The van der Waals surface area contributed by atoms with E-state index in [2.05, 4.69) is 5.43 Å². The smallest absolute Gasteiger partial charge is 0.267 e. The molecule has 0 radical (unpaired) electrons. The normalized spacial score (nSPS) is 11.2. The summed E-state index contributed by atoms with van der Waals surface area (Å²) in [5.41, 5.74) is 3.82. The molecule has 2 amide bonds. The molecule has 24 heavy (non-hydrogen) atoms. The number of carbonyl (C=O) groups excluding carboxylic acids is 2. The molecule has 2 aromatic rings. The molecular weight excluding hydrogens is 367 g/mol. The van der Waals surface area contributed by atoms with Crippen molar-refractivity contribution in [3.8, 4) is 0 Å². The van der Waals surface area contributed by atoms with Crippen molar-refractivity contribution in [2.45, 2.75) is 33.2 Å². The Kier molecular flexibility index (Phi) is 5.58. The zero-order chi connectivity index (χ0) is 18.1. The Balaban J connectivity index is 2.29. The van der Waals surface area contributed by atoms with Gasteiger partial charge in [-0.15, -0.1) is 11.3 Å². The quantitative estimate of drug-likeness (QED) is 0.744. The van der Waals surface area contributed by atoms with Crippen LogP contribution in [0.4, 0.5) is 0 Å². The molecule has 0 saturated heterocycles. The molecule has 0 aliphatic rings. The lowest BCUT2D eigenvalue weighted by Gasteiger charge is -2.35. The molecule has 1 aromatic heterocycles. The molecule has 0 aliphatic carbocycles. The number of amides is 2. The van der Waals surface area contributed by atoms with Gasteiger partial charge in [-0.2, -0.15) is 0 Å². The van der Waals surface area contributed by atoms with E-state index in [1.165, 1.54) is 11.1 Å². The molecule has 1 N–H and O–H groups in total. The van der Waals surface area contributed by atoms with Crippen LogP contribution in [0.2, 0.25) is 8.67 Å². The van der Waals surface area contributed by atoms with Crippen molar-refractivity contribution in [1.82, 2.24) is 10.4 Å². The third-order valence-electron chi connectivity index (χ3n) is 3.29. The number of aryl methyl sites for hydroxylation is 1. The zero-order valence-electron chi connectivity index (χ0n) is 13.8. The number of benzene rings is 1. The molecule has 4 nitrogen and oxygen atoms in total. The number of nitrogens with zero attached hydrogens (tertiary/aromatic N) is 1. The van der Waals surface area contributed by atoms with E-state index >= 15 is 0 Å². The second kappa shape index (κ2) is 7.13. The summed E-state index contributed by atoms with van der Waals surface area (Å²) < 4.78 is 0.700. The number of carbonyl (C=O) groups is 2. The van der Waals surface area contributed by atoms with Gasteiger partial charge < -0.3 is 0 Å². The summed E-state index contributed by atoms with van der Waals surface area (Å²) in [4.78, 5) is 25.3. The first kappa shape index (κ1) is 18.8. The summed E-state index contributed by atoms with van der Waals surface area (Å²) in [6, 6.07) is 8.66. The first-order valence-electron chi connectivity index (χ1n) is 7.26. The predicted molar refractivity (Wildman–Crippen MR) is 98.9 cm³/mol. The Bertz CT molecular complexity index is 764. The molecule has 2 rings (SSSR count). The van der Waals surface area contributed by atoms with Gasteiger partial charge in [-0.25, -0.2) is 5.01 Å². The second-order valence-electron chi connectivity index (χ2n) is 6.36. The van der Waals surface area contributed by atoms with Gasteiger partial charge in [0.15, 0.2) is 0 Å². The van der Waals surface area contributed by atoms with Crippen molar-refractivity contribution >= 4 is 46.4 Å². The minimum Gasteiger partial charge on any atom is -0.267 e. The van der Waals surface area contributed by atoms with E-state index in [9.17, 15) is 9.59 Å². The van der Waals surface area contributed by atoms with Crippen molar-refractivity contribution < 1.29 is 9.59 Å². The number of hydrazine groups is 1. The van der Waals surface area contributed by atoms with Gasteiger partial charge in [0, 0.05) is 5.56 Å². The van der Waals surface area contributed by atoms with E-state index in [-0.39, 0.29) is 15.8 Å². The molecule has 0 bridgehead atoms. The molecule has 128 valence electrons. The van der Waals surface area contributed by atoms with Gasteiger partial charge in [-0.1, -0.05) is 40.9 Å². The largest absolute Gasteiger partial charge is 0.272 e. The number of hydrogen-bond donors (Lipinski definition) is 1.